The molecule has 2 atom stereocenters. The van der Waals surface area contributed by atoms with Gasteiger partial charge in [0.25, 0.3) is 0 Å². The molecule has 0 aromatic carbocycles. The monoisotopic (exact) mass is 321 g/mol. The lowest BCUT2D eigenvalue weighted by atomic mass is 9.81. The minimum atomic E-state index is -0.773. The van der Waals surface area contributed by atoms with Crippen molar-refractivity contribution in [2.45, 2.75) is 52.4 Å². The molecule has 1 aromatic heterocycles. The zero-order valence-electron chi connectivity index (χ0n) is 14.3. The summed E-state index contributed by atoms with van der Waals surface area (Å²) in [6.07, 6.45) is 4.56. The fourth-order valence-electron chi connectivity index (χ4n) is 3.45. The number of carboxylic acid groups (broad SMARTS) is 1. The molecule has 0 radical (unpaired) electrons. The highest BCUT2D eigenvalue weighted by Crippen LogP contribution is 2.29. The van der Waals surface area contributed by atoms with E-state index in [0.29, 0.717) is 19.4 Å². The number of carbonyl (C=O) groups is 2. The number of rotatable bonds is 6. The molecule has 6 nitrogen and oxygen atoms in total. The number of carbonyl (C=O) groups excluding carboxylic acids is 1. The van der Waals surface area contributed by atoms with Gasteiger partial charge in [-0.25, -0.2) is 0 Å². The Kier molecular flexibility index (Phi) is 5.80. The SMILES string of the molecule is Cc1nn(C)c(C)c1CCCNC(=O)C1CCCC(C(=O)O)C1. The number of aromatic nitrogens is 2. The second-order valence-corrected chi connectivity index (χ2v) is 6.57. The van der Waals surface area contributed by atoms with Crippen molar-refractivity contribution >= 4 is 11.9 Å². The van der Waals surface area contributed by atoms with Crippen molar-refractivity contribution in [1.82, 2.24) is 15.1 Å². The number of amides is 1. The molecule has 0 spiro atoms. The van der Waals surface area contributed by atoms with Crippen molar-refractivity contribution in [2.75, 3.05) is 6.54 Å². The summed E-state index contributed by atoms with van der Waals surface area (Å²) in [6.45, 7) is 4.69. The highest BCUT2D eigenvalue weighted by atomic mass is 16.4. The number of hydrogen-bond donors (Lipinski definition) is 2. The van der Waals surface area contributed by atoms with Crippen LogP contribution in [-0.2, 0) is 23.1 Å². The van der Waals surface area contributed by atoms with Gasteiger partial charge >= 0.3 is 5.97 Å². The van der Waals surface area contributed by atoms with Gasteiger partial charge in [0, 0.05) is 25.2 Å². The Morgan fingerprint density at radius 3 is 2.61 bits per heavy atom. The van der Waals surface area contributed by atoms with Gasteiger partial charge in [0.05, 0.1) is 11.6 Å². The van der Waals surface area contributed by atoms with Crippen LogP contribution in [-0.4, -0.2) is 33.3 Å². The fraction of sp³-hybridized carbons (Fsp3) is 0.706. The van der Waals surface area contributed by atoms with E-state index in [1.807, 2.05) is 18.7 Å². The summed E-state index contributed by atoms with van der Waals surface area (Å²) >= 11 is 0. The van der Waals surface area contributed by atoms with Gasteiger partial charge in [-0.05, 0) is 51.5 Å². The van der Waals surface area contributed by atoms with Crippen LogP contribution in [0, 0.1) is 25.7 Å². The maximum atomic E-state index is 12.2. The number of hydrogen-bond acceptors (Lipinski definition) is 3. The predicted molar refractivity (Wildman–Crippen MR) is 87.1 cm³/mol. The zero-order chi connectivity index (χ0) is 17.0. The summed E-state index contributed by atoms with van der Waals surface area (Å²) in [5.41, 5.74) is 3.48. The standard InChI is InChI=1S/C17H27N3O3/c1-11-15(12(2)20(3)19-11)8-5-9-18-16(21)13-6-4-7-14(10-13)17(22)23/h13-14H,4-10H2,1-3H3,(H,18,21)(H,22,23). The largest absolute Gasteiger partial charge is 0.481 e. The van der Waals surface area contributed by atoms with Crippen LogP contribution in [0.4, 0.5) is 0 Å². The molecule has 6 heteroatoms. The average molecular weight is 321 g/mol. The maximum Gasteiger partial charge on any atom is 0.306 e. The van der Waals surface area contributed by atoms with Crippen molar-refractivity contribution in [1.29, 1.82) is 0 Å². The molecule has 0 saturated heterocycles. The Labute approximate surface area is 137 Å². The highest BCUT2D eigenvalue weighted by molar-refractivity contribution is 5.80. The third-order valence-corrected chi connectivity index (χ3v) is 4.96. The van der Waals surface area contributed by atoms with E-state index in [2.05, 4.69) is 17.3 Å². The van der Waals surface area contributed by atoms with E-state index in [9.17, 15) is 9.59 Å². The smallest absolute Gasteiger partial charge is 0.306 e. The lowest BCUT2D eigenvalue weighted by molar-refractivity contribution is -0.144. The van der Waals surface area contributed by atoms with E-state index >= 15 is 0 Å². The number of nitrogens with one attached hydrogen (secondary N) is 1. The zero-order valence-corrected chi connectivity index (χ0v) is 14.3. The molecule has 2 N–H and O–H groups in total. The third-order valence-electron chi connectivity index (χ3n) is 4.96. The summed E-state index contributed by atoms with van der Waals surface area (Å²) in [6, 6.07) is 0. The molecular formula is C17H27N3O3. The Hall–Kier alpha value is -1.85. The van der Waals surface area contributed by atoms with Gasteiger partial charge in [-0.1, -0.05) is 6.42 Å². The van der Waals surface area contributed by atoms with Crippen LogP contribution in [0.1, 0.15) is 49.1 Å². The van der Waals surface area contributed by atoms with Gasteiger partial charge in [0.1, 0.15) is 0 Å². The van der Waals surface area contributed by atoms with Gasteiger partial charge in [0.2, 0.25) is 5.91 Å². The van der Waals surface area contributed by atoms with E-state index in [1.165, 1.54) is 11.3 Å². The van der Waals surface area contributed by atoms with Crippen LogP contribution in [0.15, 0.2) is 0 Å². The average Bonchev–Trinajstić information content (AvgIpc) is 2.77. The first kappa shape index (κ1) is 17.5. The van der Waals surface area contributed by atoms with Gasteiger partial charge in [-0.3, -0.25) is 14.3 Å². The molecule has 1 fully saturated rings. The first-order valence-corrected chi connectivity index (χ1v) is 8.39. The molecule has 128 valence electrons. The molecule has 23 heavy (non-hydrogen) atoms. The molecule has 2 unspecified atom stereocenters. The Morgan fingerprint density at radius 2 is 2.00 bits per heavy atom. The molecule has 1 aromatic rings. The Morgan fingerprint density at radius 1 is 1.30 bits per heavy atom. The highest BCUT2D eigenvalue weighted by Gasteiger charge is 2.30. The topological polar surface area (TPSA) is 84.2 Å². The predicted octanol–water partition coefficient (Wildman–Crippen LogP) is 1.98. The minimum absolute atomic E-state index is 0.00980. The van der Waals surface area contributed by atoms with E-state index in [1.54, 1.807) is 0 Å². The van der Waals surface area contributed by atoms with E-state index < -0.39 is 5.97 Å². The van der Waals surface area contributed by atoms with Crippen LogP contribution < -0.4 is 5.32 Å². The second-order valence-electron chi connectivity index (χ2n) is 6.57. The van der Waals surface area contributed by atoms with Crippen molar-refractivity contribution < 1.29 is 14.7 Å². The second kappa shape index (κ2) is 7.62. The first-order chi connectivity index (χ1) is 10.9. The van der Waals surface area contributed by atoms with Gasteiger partial charge in [-0.15, -0.1) is 0 Å². The summed E-state index contributed by atoms with van der Waals surface area (Å²) in [5, 5.41) is 16.5. The van der Waals surface area contributed by atoms with Gasteiger partial charge in [-0.2, -0.15) is 5.10 Å². The summed E-state index contributed by atoms with van der Waals surface area (Å²) in [7, 11) is 1.94. The van der Waals surface area contributed by atoms with Crippen LogP contribution in [0.5, 0.6) is 0 Å². The Bertz CT molecular complexity index is 580. The van der Waals surface area contributed by atoms with Crippen molar-refractivity contribution in [3.63, 3.8) is 0 Å². The lowest BCUT2D eigenvalue weighted by Crippen LogP contribution is -2.36. The quantitative estimate of drug-likeness (QED) is 0.785. The van der Waals surface area contributed by atoms with E-state index in [-0.39, 0.29) is 17.7 Å². The maximum absolute atomic E-state index is 12.2. The molecule has 1 aliphatic rings. The van der Waals surface area contributed by atoms with Crippen LogP contribution in [0.25, 0.3) is 0 Å². The van der Waals surface area contributed by atoms with Crippen LogP contribution in [0.2, 0.25) is 0 Å². The summed E-state index contributed by atoms with van der Waals surface area (Å²) < 4.78 is 1.89. The molecule has 1 amide bonds. The Balaban J connectivity index is 1.75. The van der Waals surface area contributed by atoms with Crippen LogP contribution in [0.3, 0.4) is 0 Å². The minimum Gasteiger partial charge on any atom is -0.481 e. The van der Waals surface area contributed by atoms with Crippen molar-refractivity contribution in [2.24, 2.45) is 18.9 Å². The molecule has 2 rings (SSSR count). The normalized spacial score (nSPS) is 21.2. The first-order valence-electron chi connectivity index (χ1n) is 8.39. The number of nitrogens with zero attached hydrogens (tertiary/aromatic N) is 2. The van der Waals surface area contributed by atoms with Crippen LogP contribution >= 0.6 is 0 Å². The fourth-order valence-corrected chi connectivity index (χ4v) is 3.45. The number of aryl methyl sites for hydroxylation is 2. The van der Waals surface area contributed by atoms with Crippen molar-refractivity contribution in [3.8, 4) is 0 Å². The van der Waals surface area contributed by atoms with E-state index in [4.69, 9.17) is 5.11 Å². The molecule has 0 aliphatic heterocycles. The van der Waals surface area contributed by atoms with E-state index in [0.717, 1.165) is 31.4 Å². The molecule has 1 saturated carbocycles. The molecule has 1 aliphatic carbocycles. The molecular weight excluding hydrogens is 294 g/mol. The lowest BCUT2D eigenvalue weighted by Gasteiger charge is -2.25. The van der Waals surface area contributed by atoms with Crippen molar-refractivity contribution in [3.05, 3.63) is 17.0 Å². The number of aliphatic carboxylic acids is 1. The van der Waals surface area contributed by atoms with Gasteiger partial charge in [0.15, 0.2) is 0 Å². The molecule has 1 heterocycles. The van der Waals surface area contributed by atoms with Gasteiger partial charge < -0.3 is 10.4 Å². The molecule has 0 bridgehead atoms. The third kappa shape index (κ3) is 4.33. The summed E-state index contributed by atoms with van der Waals surface area (Å²) in [4.78, 5) is 23.3. The number of carboxylic acids is 1. The summed E-state index contributed by atoms with van der Waals surface area (Å²) in [5.74, 6) is -1.27.